The number of amides is 3. The van der Waals surface area contributed by atoms with E-state index in [2.05, 4.69) is 27.1 Å². The molecule has 3 amide bonds. The first kappa shape index (κ1) is 22.2. The highest BCUT2D eigenvalue weighted by Crippen LogP contribution is 2.32. The Bertz CT molecular complexity index is 1040. The topological polar surface area (TPSA) is 73.2 Å². The van der Waals surface area contributed by atoms with Crippen molar-refractivity contribution in [3.05, 3.63) is 30.1 Å². The van der Waals surface area contributed by atoms with Crippen LogP contribution in [0.15, 0.2) is 24.5 Å². The Balaban J connectivity index is 1.23. The molecular formula is C23H30F2N6O2. The maximum absolute atomic E-state index is 13.5. The molecule has 178 valence electrons. The van der Waals surface area contributed by atoms with Gasteiger partial charge in [-0.15, -0.1) is 0 Å². The van der Waals surface area contributed by atoms with Crippen LogP contribution in [0.25, 0.3) is 5.52 Å². The zero-order valence-electron chi connectivity index (χ0n) is 18.8. The normalized spacial score (nSPS) is 29.7. The first-order valence-electron chi connectivity index (χ1n) is 11.7. The minimum Gasteiger partial charge on any atom is -0.298 e. The van der Waals surface area contributed by atoms with E-state index in [0.717, 1.165) is 43.8 Å². The standard InChI is InChI=1S/C23H30F2N6O2/c1-15-12-28(6-7-29(15)14-17-8-18(24)19(25)9-17)13-16-2-5-31-20(10-16)21(11-26-31)30-4-3-22(32)27-23(30)33/h2,5,10-11,15,17-19H,3-4,6-9,12-14H2,1H3,(H,27,32,33)/t15-,17?,18-,19+/m0/s1. The second kappa shape index (κ2) is 8.98. The number of rotatable bonds is 5. The average molecular weight is 461 g/mol. The van der Waals surface area contributed by atoms with E-state index in [1.165, 1.54) is 0 Å². The van der Waals surface area contributed by atoms with Crippen molar-refractivity contribution in [2.75, 3.05) is 37.6 Å². The summed E-state index contributed by atoms with van der Waals surface area (Å²) in [6, 6.07) is 3.98. The largest absolute Gasteiger partial charge is 0.328 e. The summed E-state index contributed by atoms with van der Waals surface area (Å²) in [5.41, 5.74) is 2.63. The van der Waals surface area contributed by atoms with E-state index < -0.39 is 18.4 Å². The number of fused-ring (bicyclic) bond motifs is 1. The van der Waals surface area contributed by atoms with E-state index in [9.17, 15) is 18.4 Å². The van der Waals surface area contributed by atoms with Crippen molar-refractivity contribution in [1.29, 1.82) is 0 Å². The molecule has 2 saturated heterocycles. The van der Waals surface area contributed by atoms with E-state index in [4.69, 9.17) is 0 Å². The summed E-state index contributed by atoms with van der Waals surface area (Å²) in [7, 11) is 0. The third-order valence-electron chi connectivity index (χ3n) is 7.17. The zero-order chi connectivity index (χ0) is 23.1. The number of halogens is 2. The molecule has 0 radical (unpaired) electrons. The minimum absolute atomic E-state index is 0.106. The van der Waals surface area contributed by atoms with Gasteiger partial charge in [-0.2, -0.15) is 5.10 Å². The second-order valence-corrected chi connectivity index (χ2v) is 9.60. The molecule has 10 heteroatoms. The maximum atomic E-state index is 13.5. The van der Waals surface area contributed by atoms with Crippen LogP contribution in [-0.2, 0) is 11.3 Å². The van der Waals surface area contributed by atoms with Gasteiger partial charge in [0.05, 0.1) is 17.4 Å². The molecule has 0 bridgehead atoms. The van der Waals surface area contributed by atoms with Crippen LogP contribution >= 0.6 is 0 Å². The SMILES string of the molecule is C[C@H]1CN(Cc2ccn3ncc(N4CCC(=O)NC4=O)c3c2)CCN1CC1C[C@@H](F)[C@@H](F)C1. The van der Waals surface area contributed by atoms with Crippen LogP contribution in [0.1, 0.15) is 31.7 Å². The molecule has 0 spiro atoms. The number of carbonyl (C=O) groups excluding carboxylic acids is 2. The quantitative estimate of drug-likeness (QED) is 0.742. The molecule has 1 aliphatic carbocycles. The van der Waals surface area contributed by atoms with E-state index in [1.807, 2.05) is 18.3 Å². The Hall–Kier alpha value is -2.59. The fourth-order valence-corrected chi connectivity index (χ4v) is 5.36. The van der Waals surface area contributed by atoms with Gasteiger partial charge in [-0.1, -0.05) is 0 Å². The van der Waals surface area contributed by atoms with Gasteiger partial charge >= 0.3 is 6.03 Å². The van der Waals surface area contributed by atoms with Gasteiger partial charge in [-0.25, -0.2) is 18.1 Å². The van der Waals surface area contributed by atoms with Gasteiger partial charge in [0, 0.05) is 57.9 Å². The monoisotopic (exact) mass is 460 g/mol. The summed E-state index contributed by atoms with van der Waals surface area (Å²) >= 11 is 0. The van der Waals surface area contributed by atoms with Gasteiger partial charge in [-0.3, -0.25) is 24.8 Å². The Labute approximate surface area is 191 Å². The smallest absolute Gasteiger partial charge is 0.298 e. The minimum atomic E-state index is -1.30. The molecule has 5 rings (SSSR count). The van der Waals surface area contributed by atoms with Gasteiger partial charge in [0.15, 0.2) is 0 Å². The van der Waals surface area contributed by atoms with Crippen LogP contribution in [0.3, 0.4) is 0 Å². The Morgan fingerprint density at radius 1 is 1.15 bits per heavy atom. The lowest BCUT2D eigenvalue weighted by molar-refractivity contribution is -0.120. The predicted octanol–water partition coefficient (Wildman–Crippen LogP) is 2.37. The van der Waals surface area contributed by atoms with Crippen molar-refractivity contribution < 1.29 is 18.4 Å². The highest BCUT2D eigenvalue weighted by Gasteiger charge is 2.36. The van der Waals surface area contributed by atoms with Gasteiger partial charge < -0.3 is 0 Å². The van der Waals surface area contributed by atoms with Crippen LogP contribution in [0.2, 0.25) is 0 Å². The number of nitrogens with zero attached hydrogens (tertiary/aromatic N) is 5. The predicted molar refractivity (Wildman–Crippen MR) is 120 cm³/mol. The summed E-state index contributed by atoms with van der Waals surface area (Å²) in [5, 5.41) is 6.71. The van der Waals surface area contributed by atoms with Crippen LogP contribution < -0.4 is 10.2 Å². The number of alkyl halides is 2. The summed E-state index contributed by atoms with van der Waals surface area (Å²) < 4.78 is 28.8. The summed E-state index contributed by atoms with van der Waals surface area (Å²) in [6.45, 7) is 6.71. The molecule has 1 saturated carbocycles. The van der Waals surface area contributed by atoms with E-state index in [-0.39, 0.29) is 18.2 Å². The second-order valence-electron chi connectivity index (χ2n) is 9.60. The van der Waals surface area contributed by atoms with Gasteiger partial charge in [0.1, 0.15) is 12.3 Å². The van der Waals surface area contributed by atoms with Crippen LogP contribution in [0.5, 0.6) is 0 Å². The summed E-state index contributed by atoms with van der Waals surface area (Å²) in [6.07, 6.45) is 1.89. The molecule has 2 aliphatic heterocycles. The summed E-state index contributed by atoms with van der Waals surface area (Å²) in [5.74, 6) is -0.155. The van der Waals surface area contributed by atoms with Crippen LogP contribution in [-0.4, -0.2) is 82.5 Å². The molecule has 4 heterocycles. The fourth-order valence-electron chi connectivity index (χ4n) is 5.36. The molecule has 1 N–H and O–H groups in total. The lowest BCUT2D eigenvalue weighted by Gasteiger charge is -2.41. The Kier molecular flexibility index (Phi) is 6.05. The Morgan fingerprint density at radius 3 is 2.67 bits per heavy atom. The van der Waals surface area contributed by atoms with Crippen molar-refractivity contribution in [1.82, 2.24) is 24.7 Å². The number of imide groups is 1. The lowest BCUT2D eigenvalue weighted by atomic mass is 10.0. The van der Waals surface area contributed by atoms with E-state index in [1.54, 1.807) is 15.6 Å². The van der Waals surface area contributed by atoms with Crippen molar-refractivity contribution in [3.8, 4) is 0 Å². The van der Waals surface area contributed by atoms with Crippen molar-refractivity contribution in [3.63, 3.8) is 0 Å². The molecular weight excluding hydrogens is 430 g/mol. The maximum Gasteiger partial charge on any atom is 0.328 e. The van der Waals surface area contributed by atoms with Gasteiger partial charge in [0.2, 0.25) is 5.91 Å². The van der Waals surface area contributed by atoms with E-state index in [0.29, 0.717) is 31.1 Å². The zero-order valence-corrected chi connectivity index (χ0v) is 18.8. The van der Waals surface area contributed by atoms with Crippen LogP contribution in [0, 0.1) is 5.92 Å². The van der Waals surface area contributed by atoms with Crippen molar-refractivity contribution in [2.45, 2.75) is 51.1 Å². The molecule has 3 aliphatic rings. The highest BCUT2D eigenvalue weighted by molar-refractivity contribution is 6.07. The molecule has 2 aromatic rings. The molecule has 0 aromatic carbocycles. The molecule has 33 heavy (non-hydrogen) atoms. The average Bonchev–Trinajstić information content (AvgIpc) is 3.32. The Morgan fingerprint density at radius 2 is 1.94 bits per heavy atom. The number of carbonyl (C=O) groups is 2. The lowest BCUT2D eigenvalue weighted by Crippen LogP contribution is -2.52. The number of pyridine rings is 1. The van der Waals surface area contributed by atoms with Gasteiger partial charge in [-0.05, 0) is 43.4 Å². The molecule has 8 nitrogen and oxygen atoms in total. The molecule has 3 fully saturated rings. The number of piperazine rings is 1. The molecule has 2 aromatic heterocycles. The number of nitrogens with one attached hydrogen (secondary N) is 1. The third-order valence-corrected chi connectivity index (χ3v) is 7.17. The van der Waals surface area contributed by atoms with E-state index >= 15 is 0 Å². The summed E-state index contributed by atoms with van der Waals surface area (Å²) in [4.78, 5) is 30.1. The highest BCUT2D eigenvalue weighted by atomic mass is 19.2. The van der Waals surface area contributed by atoms with Crippen LogP contribution in [0.4, 0.5) is 19.3 Å². The van der Waals surface area contributed by atoms with Crippen molar-refractivity contribution >= 4 is 23.1 Å². The molecule has 4 atom stereocenters. The first-order chi connectivity index (χ1) is 15.9. The number of aromatic nitrogens is 2. The fraction of sp³-hybridized carbons (Fsp3) is 0.609. The number of hydrogen-bond donors (Lipinski definition) is 1. The number of hydrogen-bond acceptors (Lipinski definition) is 5. The molecule has 1 unspecified atom stereocenters. The van der Waals surface area contributed by atoms with Crippen molar-refractivity contribution in [2.24, 2.45) is 5.92 Å². The van der Waals surface area contributed by atoms with Gasteiger partial charge in [0.25, 0.3) is 0 Å². The third kappa shape index (κ3) is 4.59. The number of urea groups is 1. The first-order valence-corrected chi connectivity index (χ1v) is 11.7. The number of anilines is 1.